The number of Topliss-reactive ketones (excluding diaryl/α,β-unsaturated/α-hetero) is 1. The van der Waals surface area contributed by atoms with E-state index in [1.165, 1.54) is 14.0 Å². The number of hydrogen-bond acceptors (Lipinski definition) is 8. The summed E-state index contributed by atoms with van der Waals surface area (Å²) in [5.41, 5.74) is 3.97. The lowest BCUT2D eigenvalue weighted by Crippen LogP contribution is -2.65. The molecule has 2 N–H and O–H groups in total. The van der Waals surface area contributed by atoms with Gasteiger partial charge in [-0.15, -0.1) is 0 Å². The van der Waals surface area contributed by atoms with Crippen molar-refractivity contribution in [1.82, 2.24) is 0 Å². The second-order valence-electron chi connectivity index (χ2n) is 10.5. The van der Waals surface area contributed by atoms with Crippen LogP contribution in [0.2, 0.25) is 0 Å². The molecule has 0 radical (unpaired) electrons. The Kier molecular flexibility index (Phi) is 6.92. The predicted molar refractivity (Wildman–Crippen MR) is 119 cm³/mol. The molecule has 188 valence electrons. The topological polar surface area (TPSA) is 151 Å². The van der Waals surface area contributed by atoms with E-state index in [0.29, 0.717) is 12.8 Å². The number of cyclic esters (lactones) is 1. The molecule has 3 aliphatic rings. The molecular formula is C24H34N2O8. The molecule has 0 spiro atoms. The van der Waals surface area contributed by atoms with Gasteiger partial charge in [0.05, 0.1) is 18.9 Å². The number of ketones is 1. The monoisotopic (exact) mass is 478 g/mol. The van der Waals surface area contributed by atoms with Crippen molar-refractivity contribution in [3.8, 4) is 0 Å². The lowest BCUT2D eigenvalue weighted by atomic mass is 9.43. The third-order valence-electron chi connectivity index (χ3n) is 8.00. The first-order chi connectivity index (χ1) is 15.8. The Morgan fingerprint density at radius 3 is 2.38 bits per heavy atom. The van der Waals surface area contributed by atoms with E-state index in [9.17, 15) is 24.0 Å². The van der Waals surface area contributed by atoms with Crippen LogP contribution in [0.15, 0.2) is 4.99 Å². The molecule has 0 aromatic heterocycles. The van der Waals surface area contributed by atoms with Crippen LogP contribution in [0.5, 0.6) is 0 Å². The number of rotatable bonds is 4. The maximum Gasteiger partial charge on any atom is 0.310 e. The largest absolute Gasteiger partial charge is 0.469 e. The number of ether oxygens (including phenoxy) is 3. The maximum atomic E-state index is 13.8. The number of carbonyl (C=O) groups is 5. The summed E-state index contributed by atoms with van der Waals surface area (Å²) in [4.78, 5) is 68.1. The zero-order chi connectivity index (χ0) is 25.6. The van der Waals surface area contributed by atoms with Gasteiger partial charge in [-0.2, -0.15) is 4.99 Å². The fraction of sp³-hybridized carbons (Fsp3) is 0.750. The van der Waals surface area contributed by atoms with E-state index < -0.39 is 64.6 Å². The van der Waals surface area contributed by atoms with Crippen LogP contribution in [0.4, 0.5) is 0 Å². The molecule has 2 aliphatic carbocycles. The Morgan fingerprint density at radius 2 is 1.82 bits per heavy atom. The van der Waals surface area contributed by atoms with Crippen LogP contribution in [0.25, 0.3) is 0 Å². The molecule has 1 saturated heterocycles. The van der Waals surface area contributed by atoms with Crippen molar-refractivity contribution in [1.29, 1.82) is 0 Å². The normalized spacial score (nSPS) is 37.9. The van der Waals surface area contributed by atoms with E-state index in [4.69, 9.17) is 19.9 Å². The summed E-state index contributed by atoms with van der Waals surface area (Å²) in [5.74, 6) is -5.02. The van der Waals surface area contributed by atoms with Gasteiger partial charge < -0.3 is 19.9 Å². The van der Waals surface area contributed by atoms with Crippen molar-refractivity contribution in [2.24, 2.45) is 45.2 Å². The van der Waals surface area contributed by atoms with E-state index >= 15 is 0 Å². The number of amides is 1. The molecule has 0 unspecified atom stereocenters. The lowest BCUT2D eigenvalue weighted by Gasteiger charge is -2.60. The Morgan fingerprint density at radius 1 is 1.18 bits per heavy atom. The minimum Gasteiger partial charge on any atom is -0.469 e. The highest BCUT2D eigenvalue weighted by Crippen LogP contribution is 2.64. The second kappa shape index (κ2) is 9.11. The zero-order valence-electron chi connectivity index (χ0n) is 20.6. The second-order valence-corrected chi connectivity index (χ2v) is 10.5. The Hall–Kier alpha value is -2.78. The number of amidine groups is 1. The molecule has 7 atom stereocenters. The molecular weight excluding hydrogens is 444 g/mol. The smallest absolute Gasteiger partial charge is 0.310 e. The molecule has 0 bridgehead atoms. The number of nitrogens with zero attached hydrogens (tertiary/aromatic N) is 1. The highest BCUT2D eigenvalue weighted by atomic mass is 16.6. The van der Waals surface area contributed by atoms with E-state index in [-0.39, 0.29) is 30.4 Å². The Bertz CT molecular complexity index is 943. The number of nitrogens with two attached hydrogens (primary N) is 1. The summed E-state index contributed by atoms with van der Waals surface area (Å²) in [7, 11) is 1.27. The number of fused-ring (bicyclic) bond motifs is 3. The van der Waals surface area contributed by atoms with Gasteiger partial charge in [0, 0.05) is 31.6 Å². The van der Waals surface area contributed by atoms with Crippen LogP contribution in [-0.4, -0.2) is 54.8 Å². The fourth-order valence-corrected chi connectivity index (χ4v) is 6.29. The zero-order valence-corrected chi connectivity index (χ0v) is 20.6. The van der Waals surface area contributed by atoms with Gasteiger partial charge in [-0.3, -0.25) is 24.0 Å². The minimum absolute atomic E-state index is 0.0147. The quantitative estimate of drug-likeness (QED) is 0.275. The molecule has 1 amide bonds. The first kappa shape index (κ1) is 25.8. The van der Waals surface area contributed by atoms with Crippen LogP contribution < -0.4 is 5.73 Å². The SMILES string of the molecule is COC(=O)[C@@H]1C[C@H](OC(C)=O)C(=O)[C@H]2[C@@]1(C)CC[C@H]1C(=O)O[C@H](C(=O)N=C(N)C(C)C)C[C@]21C. The van der Waals surface area contributed by atoms with Crippen LogP contribution in [0, 0.1) is 34.5 Å². The van der Waals surface area contributed by atoms with Crippen LogP contribution in [0.3, 0.4) is 0 Å². The van der Waals surface area contributed by atoms with Crippen LogP contribution in [-0.2, 0) is 38.2 Å². The van der Waals surface area contributed by atoms with Gasteiger partial charge >= 0.3 is 17.9 Å². The summed E-state index contributed by atoms with van der Waals surface area (Å²) in [6.45, 7) is 8.38. The number of aliphatic imine (C=N–C) groups is 1. The molecule has 2 saturated carbocycles. The van der Waals surface area contributed by atoms with Crippen molar-refractivity contribution >= 4 is 35.4 Å². The van der Waals surface area contributed by atoms with Crippen molar-refractivity contribution < 1.29 is 38.2 Å². The molecule has 10 nitrogen and oxygen atoms in total. The Labute approximate surface area is 198 Å². The van der Waals surface area contributed by atoms with Gasteiger partial charge in [-0.05, 0) is 23.7 Å². The minimum atomic E-state index is -1.20. The third-order valence-corrected chi connectivity index (χ3v) is 8.00. The van der Waals surface area contributed by atoms with Gasteiger partial charge in [-0.1, -0.05) is 27.7 Å². The number of esters is 3. The number of methoxy groups -OCH3 is 1. The molecule has 0 aromatic rings. The van der Waals surface area contributed by atoms with Crippen molar-refractivity contribution in [2.45, 2.75) is 72.5 Å². The highest BCUT2D eigenvalue weighted by molar-refractivity contribution is 5.98. The summed E-state index contributed by atoms with van der Waals surface area (Å²) in [6, 6.07) is 0. The summed E-state index contributed by atoms with van der Waals surface area (Å²) >= 11 is 0. The van der Waals surface area contributed by atoms with Crippen molar-refractivity contribution in [2.75, 3.05) is 7.11 Å². The predicted octanol–water partition coefficient (Wildman–Crippen LogP) is 1.57. The van der Waals surface area contributed by atoms with E-state index in [2.05, 4.69) is 4.99 Å². The van der Waals surface area contributed by atoms with Crippen molar-refractivity contribution in [3.63, 3.8) is 0 Å². The van der Waals surface area contributed by atoms with Gasteiger partial charge in [0.2, 0.25) is 0 Å². The van der Waals surface area contributed by atoms with Gasteiger partial charge in [0.1, 0.15) is 5.84 Å². The van der Waals surface area contributed by atoms with Gasteiger partial charge in [0.15, 0.2) is 18.0 Å². The molecule has 3 rings (SSSR count). The Balaban J connectivity index is 2.07. The van der Waals surface area contributed by atoms with Crippen LogP contribution in [0.1, 0.15) is 60.3 Å². The maximum absolute atomic E-state index is 13.8. The average Bonchev–Trinajstić information content (AvgIpc) is 2.73. The molecule has 0 aromatic carbocycles. The van der Waals surface area contributed by atoms with E-state index in [1.807, 2.05) is 6.92 Å². The lowest BCUT2D eigenvalue weighted by molar-refractivity contribution is -0.210. The average molecular weight is 479 g/mol. The molecule has 3 fully saturated rings. The summed E-state index contributed by atoms with van der Waals surface area (Å²) in [6.07, 6.45) is -1.49. The van der Waals surface area contributed by atoms with Gasteiger partial charge in [-0.25, -0.2) is 0 Å². The third kappa shape index (κ3) is 4.22. The molecule has 1 aliphatic heterocycles. The summed E-state index contributed by atoms with van der Waals surface area (Å²) < 4.78 is 15.8. The van der Waals surface area contributed by atoms with E-state index in [0.717, 1.165) is 0 Å². The first-order valence-electron chi connectivity index (χ1n) is 11.6. The molecule has 10 heteroatoms. The van der Waals surface area contributed by atoms with Crippen LogP contribution >= 0.6 is 0 Å². The van der Waals surface area contributed by atoms with Gasteiger partial charge in [0.25, 0.3) is 5.91 Å². The summed E-state index contributed by atoms with van der Waals surface area (Å²) in [5, 5.41) is 0. The number of carbonyl (C=O) groups excluding carboxylic acids is 5. The van der Waals surface area contributed by atoms with E-state index in [1.54, 1.807) is 20.8 Å². The molecule has 34 heavy (non-hydrogen) atoms. The first-order valence-corrected chi connectivity index (χ1v) is 11.6. The van der Waals surface area contributed by atoms with Crippen molar-refractivity contribution in [3.05, 3.63) is 0 Å². The fourth-order valence-electron chi connectivity index (χ4n) is 6.29. The highest BCUT2D eigenvalue weighted by Gasteiger charge is 2.68. The number of hydrogen-bond donors (Lipinski definition) is 1. The standard InChI is InChI=1S/C24H34N2O8/c1-11(2)19(25)26-20(29)16-10-24(5)13(22(31)34-16)7-8-23(4)14(21(30)32-6)9-15(33-12(3)27)17(28)18(23)24/h11,13-16,18H,7-10H2,1-6H3,(H2,25,26,29)/t13-,14-,15-,16-,18-,23-,24-/m0/s1. The molecule has 1 heterocycles.